The molecular formula is C14H16N2O2S. The summed E-state index contributed by atoms with van der Waals surface area (Å²) in [4.78, 5) is 29.4. The lowest BCUT2D eigenvalue weighted by atomic mass is 10.2. The van der Waals surface area contributed by atoms with Crippen LogP contribution < -0.4 is 0 Å². The van der Waals surface area contributed by atoms with Crippen LogP contribution in [0, 0.1) is 0 Å². The van der Waals surface area contributed by atoms with Crippen molar-refractivity contribution in [2.24, 2.45) is 4.99 Å². The van der Waals surface area contributed by atoms with Gasteiger partial charge in [0.05, 0.1) is 5.75 Å². The minimum Gasteiger partial charge on any atom is -0.290 e. The van der Waals surface area contributed by atoms with E-state index in [4.69, 9.17) is 0 Å². The number of unbranched alkanes of at least 4 members (excludes halogenated alkanes) is 1. The normalized spacial score (nSPS) is 17.2. The fourth-order valence-electron chi connectivity index (χ4n) is 1.75. The van der Waals surface area contributed by atoms with Crippen LogP contribution in [0.5, 0.6) is 0 Å². The second-order valence-electron chi connectivity index (χ2n) is 4.25. The quantitative estimate of drug-likeness (QED) is 0.849. The lowest BCUT2D eigenvalue weighted by molar-refractivity contribution is -0.124. The Balaban J connectivity index is 2.13. The maximum atomic E-state index is 12.0. The highest BCUT2D eigenvalue weighted by atomic mass is 32.2. The van der Waals surface area contributed by atoms with Gasteiger partial charge in [-0.15, -0.1) is 0 Å². The summed E-state index contributed by atoms with van der Waals surface area (Å²) >= 11 is 1.34. The third kappa shape index (κ3) is 3.44. The molecule has 0 aromatic heterocycles. The zero-order valence-electron chi connectivity index (χ0n) is 10.8. The third-order valence-corrected chi connectivity index (χ3v) is 3.77. The van der Waals surface area contributed by atoms with Gasteiger partial charge in [-0.3, -0.25) is 14.5 Å². The number of hydrogen-bond acceptors (Lipinski definition) is 3. The molecule has 0 N–H and O–H groups in total. The Morgan fingerprint density at radius 3 is 2.79 bits per heavy atom. The second-order valence-corrected chi connectivity index (χ2v) is 5.20. The first-order chi connectivity index (χ1) is 9.22. The molecule has 5 heteroatoms. The Labute approximate surface area is 116 Å². The van der Waals surface area contributed by atoms with E-state index in [1.54, 1.807) is 29.2 Å². The van der Waals surface area contributed by atoms with Crippen molar-refractivity contribution in [3.05, 3.63) is 35.9 Å². The number of nitrogens with zero attached hydrogens (tertiary/aromatic N) is 2. The van der Waals surface area contributed by atoms with Gasteiger partial charge in [0, 0.05) is 12.1 Å². The van der Waals surface area contributed by atoms with Gasteiger partial charge in [0.15, 0.2) is 5.17 Å². The Morgan fingerprint density at radius 2 is 2.11 bits per heavy atom. The Hall–Kier alpha value is -1.62. The molecule has 0 saturated carbocycles. The molecule has 100 valence electrons. The van der Waals surface area contributed by atoms with Gasteiger partial charge < -0.3 is 0 Å². The first kappa shape index (κ1) is 13.8. The minimum atomic E-state index is -0.292. The average Bonchev–Trinajstić information content (AvgIpc) is 2.78. The molecule has 2 amide bonds. The number of benzene rings is 1. The van der Waals surface area contributed by atoms with Crippen LogP contribution in [-0.4, -0.2) is 34.2 Å². The Kier molecular flexibility index (Phi) is 4.74. The topological polar surface area (TPSA) is 49.7 Å². The molecule has 0 spiro atoms. The van der Waals surface area contributed by atoms with Crippen LogP contribution >= 0.6 is 11.8 Å². The number of carbonyl (C=O) groups is 2. The number of thioether (sulfide) groups is 1. The van der Waals surface area contributed by atoms with E-state index in [9.17, 15) is 9.59 Å². The predicted molar refractivity (Wildman–Crippen MR) is 77.3 cm³/mol. The molecule has 1 aromatic carbocycles. The molecule has 1 aromatic rings. The molecule has 1 aliphatic heterocycles. The highest BCUT2D eigenvalue weighted by Crippen LogP contribution is 2.20. The molecule has 19 heavy (non-hydrogen) atoms. The van der Waals surface area contributed by atoms with Gasteiger partial charge in [0.1, 0.15) is 0 Å². The van der Waals surface area contributed by atoms with Crippen LogP contribution in [0.2, 0.25) is 0 Å². The number of hydrogen-bond donors (Lipinski definition) is 0. The fraction of sp³-hybridized carbons (Fsp3) is 0.357. The lowest BCUT2D eigenvalue weighted by Crippen LogP contribution is -2.31. The summed E-state index contributed by atoms with van der Waals surface area (Å²) in [6.07, 6.45) is 1.93. The summed E-state index contributed by atoms with van der Waals surface area (Å²) in [5.74, 6) is 0.127. The first-order valence-electron chi connectivity index (χ1n) is 6.33. The highest BCUT2D eigenvalue weighted by molar-refractivity contribution is 8.15. The lowest BCUT2D eigenvalue weighted by Gasteiger charge is -2.14. The van der Waals surface area contributed by atoms with Crippen molar-refractivity contribution in [3.8, 4) is 0 Å². The van der Waals surface area contributed by atoms with Crippen molar-refractivity contribution < 1.29 is 9.59 Å². The van der Waals surface area contributed by atoms with Crippen LogP contribution in [-0.2, 0) is 4.79 Å². The van der Waals surface area contributed by atoms with E-state index >= 15 is 0 Å². The fourth-order valence-corrected chi connectivity index (χ4v) is 2.65. The van der Waals surface area contributed by atoms with Crippen LogP contribution in [0.4, 0.5) is 0 Å². The van der Waals surface area contributed by atoms with E-state index in [1.807, 2.05) is 6.07 Å². The monoisotopic (exact) mass is 276 g/mol. The van der Waals surface area contributed by atoms with Crippen LogP contribution in [0.3, 0.4) is 0 Å². The minimum absolute atomic E-state index is 0.0399. The van der Waals surface area contributed by atoms with Crippen LogP contribution in [0.25, 0.3) is 0 Å². The van der Waals surface area contributed by atoms with Gasteiger partial charge in [-0.25, -0.2) is 0 Å². The molecule has 0 bridgehead atoms. The molecule has 1 heterocycles. The maximum Gasteiger partial charge on any atom is 0.279 e. The number of amidine groups is 1. The molecule has 1 aliphatic rings. The third-order valence-electron chi connectivity index (χ3n) is 2.81. The first-order valence-corrected chi connectivity index (χ1v) is 7.32. The van der Waals surface area contributed by atoms with Crippen molar-refractivity contribution in [1.82, 2.24) is 4.90 Å². The zero-order chi connectivity index (χ0) is 13.7. The van der Waals surface area contributed by atoms with E-state index in [0.717, 1.165) is 12.8 Å². The van der Waals surface area contributed by atoms with Crippen molar-refractivity contribution >= 4 is 28.7 Å². The molecule has 0 aliphatic carbocycles. The maximum absolute atomic E-state index is 12.0. The smallest absolute Gasteiger partial charge is 0.279 e. The standard InChI is InChI=1S/C14H16N2O2S/c1-2-3-9-16-12(17)10-19-14(16)15-13(18)11-7-5-4-6-8-11/h4-8H,2-3,9-10H2,1H3. The van der Waals surface area contributed by atoms with Gasteiger partial charge in [-0.1, -0.05) is 43.3 Å². The molecule has 0 unspecified atom stereocenters. The van der Waals surface area contributed by atoms with Crippen LogP contribution in [0.1, 0.15) is 30.1 Å². The van der Waals surface area contributed by atoms with Crippen molar-refractivity contribution in [3.63, 3.8) is 0 Å². The number of aliphatic imine (C=N–C) groups is 1. The van der Waals surface area contributed by atoms with Gasteiger partial charge in [0.2, 0.25) is 5.91 Å². The molecular weight excluding hydrogens is 260 g/mol. The van der Waals surface area contributed by atoms with E-state index in [0.29, 0.717) is 23.0 Å². The summed E-state index contributed by atoms with van der Waals surface area (Å²) in [5.41, 5.74) is 0.547. The summed E-state index contributed by atoms with van der Waals surface area (Å²) in [5, 5.41) is 0.535. The summed E-state index contributed by atoms with van der Waals surface area (Å²) in [6, 6.07) is 8.91. The van der Waals surface area contributed by atoms with E-state index in [-0.39, 0.29) is 11.8 Å². The second kappa shape index (κ2) is 6.52. The van der Waals surface area contributed by atoms with E-state index in [2.05, 4.69) is 11.9 Å². The van der Waals surface area contributed by atoms with Crippen LogP contribution in [0.15, 0.2) is 35.3 Å². The van der Waals surface area contributed by atoms with Gasteiger partial charge in [0.25, 0.3) is 5.91 Å². The van der Waals surface area contributed by atoms with E-state index in [1.165, 1.54) is 11.8 Å². The molecule has 4 nitrogen and oxygen atoms in total. The zero-order valence-corrected chi connectivity index (χ0v) is 11.7. The summed E-state index contributed by atoms with van der Waals surface area (Å²) in [6.45, 7) is 2.71. The predicted octanol–water partition coefficient (Wildman–Crippen LogP) is 2.56. The highest BCUT2D eigenvalue weighted by Gasteiger charge is 2.28. The van der Waals surface area contributed by atoms with Gasteiger partial charge in [-0.05, 0) is 18.6 Å². The number of carbonyl (C=O) groups excluding carboxylic acids is 2. The summed E-state index contributed by atoms with van der Waals surface area (Å²) < 4.78 is 0. The largest absolute Gasteiger partial charge is 0.290 e. The van der Waals surface area contributed by atoms with Crippen molar-refractivity contribution in [2.75, 3.05) is 12.3 Å². The summed E-state index contributed by atoms with van der Waals surface area (Å²) in [7, 11) is 0. The average molecular weight is 276 g/mol. The Bertz CT molecular complexity index is 499. The van der Waals surface area contributed by atoms with Gasteiger partial charge >= 0.3 is 0 Å². The molecule has 2 rings (SSSR count). The molecule has 0 atom stereocenters. The Morgan fingerprint density at radius 1 is 1.37 bits per heavy atom. The molecule has 0 radical (unpaired) electrons. The molecule has 1 saturated heterocycles. The van der Waals surface area contributed by atoms with Crippen molar-refractivity contribution in [1.29, 1.82) is 0 Å². The van der Waals surface area contributed by atoms with Gasteiger partial charge in [-0.2, -0.15) is 4.99 Å². The number of rotatable bonds is 4. The molecule has 1 fully saturated rings. The van der Waals surface area contributed by atoms with Crippen molar-refractivity contribution in [2.45, 2.75) is 19.8 Å². The SMILES string of the molecule is CCCCN1C(=O)CSC1=NC(=O)c1ccccc1. The van der Waals surface area contributed by atoms with E-state index < -0.39 is 0 Å². The number of amides is 2.